The topological polar surface area (TPSA) is 35.2 Å². The molecule has 2 aromatic carbocycles. The van der Waals surface area contributed by atoms with Gasteiger partial charge in [-0.3, -0.25) is 0 Å². The smallest absolute Gasteiger partial charge is 0.128 e. The predicted octanol–water partition coefficient (Wildman–Crippen LogP) is 5.99. The summed E-state index contributed by atoms with van der Waals surface area (Å²) in [6.45, 7) is 3.64. The van der Waals surface area contributed by atoms with E-state index in [4.69, 9.17) is 22.1 Å². The van der Waals surface area contributed by atoms with Crippen LogP contribution >= 0.6 is 11.6 Å². The van der Waals surface area contributed by atoms with Crippen molar-refractivity contribution in [3.05, 3.63) is 53.1 Å². The number of hydrogen-bond acceptors (Lipinski definition) is 2. The monoisotopic (exact) mass is 345 g/mol. The quantitative estimate of drug-likeness (QED) is 0.536. The maximum Gasteiger partial charge on any atom is 0.128 e. The van der Waals surface area contributed by atoms with Gasteiger partial charge in [0.1, 0.15) is 5.75 Å². The minimum atomic E-state index is 0.732. The zero-order valence-electron chi connectivity index (χ0n) is 14.6. The summed E-state index contributed by atoms with van der Waals surface area (Å²) in [7, 11) is 0. The van der Waals surface area contributed by atoms with E-state index < -0.39 is 0 Å². The highest BCUT2D eigenvalue weighted by Gasteiger charge is 2.12. The van der Waals surface area contributed by atoms with Crippen LogP contribution in [0.25, 0.3) is 11.1 Å². The predicted molar refractivity (Wildman–Crippen MR) is 104 cm³/mol. The molecule has 0 heterocycles. The fourth-order valence-corrected chi connectivity index (χ4v) is 3.14. The van der Waals surface area contributed by atoms with Crippen molar-refractivity contribution >= 4 is 11.6 Å². The molecule has 0 aliphatic heterocycles. The molecule has 0 aliphatic carbocycles. The van der Waals surface area contributed by atoms with E-state index in [1.54, 1.807) is 0 Å². The van der Waals surface area contributed by atoms with Crippen LogP contribution in [0, 0.1) is 6.92 Å². The van der Waals surface area contributed by atoms with Crippen LogP contribution in [-0.4, -0.2) is 13.2 Å². The summed E-state index contributed by atoms with van der Waals surface area (Å²) < 4.78 is 6.05. The van der Waals surface area contributed by atoms with Crippen LogP contribution in [0.3, 0.4) is 0 Å². The molecule has 24 heavy (non-hydrogen) atoms. The van der Waals surface area contributed by atoms with Crippen LogP contribution in [0.15, 0.2) is 42.5 Å². The van der Waals surface area contributed by atoms with Gasteiger partial charge in [-0.25, -0.2) is 0 Å². The van der Waals surface area contributed by atoms with Crippen molar-refractivity contribution in [2.75, 3.05) is 13.2 Å². The molecule has 2 N–H and O–H groups in total. The first kappa shape index (κ1) is 18.8. The molecular formula is C21H28ClNO. The molecule has 0 unspecified atom stereocenters. The highest BCUT2D eigenvalue weighted by Crippen LogP contribution is 2.38. The van der Waals surface area contributed by atoms with E-state index >= 15 is 0 Å². The third-order valence-corrected chi connectivity index (χ3v) is 4.56. The van der Waals surface area contributed by atoms with Crippen molar-refractivity contribution in [3.63, 3.8) is 0 Å². The van der Waals surface area contributed by atoms with Gasteiger partial charge >= 0.3 is 0 Å². The Morgan fingerprint density at radius 2 is 1.58 bits per heavy atom. The number of halogens is 1. The van der Waals surface area contributed by atoms with Crippen molar-refractivity contribution < 1.29 is 4.74 Å². The molecule has 0 radical (unpaired) electrons. The molecule has 3 heteroatoms. The number of unbranched alkanes of at least 4 members (excludes halogenated alkanes) is 5. The minimum absolute atomic E-state index is 0.732. The van der Waals surface area contributed by atoms with Gasteiger partial charge in [-0.2, -0.15) is 0 Å². The lowest BCUT2D eigenvalue weighted by Crippen LogP contribution is -2.00. The average molecular weight is 346 g/mol. The Hall–Kier alpha value is -1.51. The van der Waals surface area contributed by atoms with Gasteiger partial charge in [0.05, 0.1) is 11.6 Å². The molecule has 0 aromatic heterocycles. The second-order valence-electron chi connectivity index (χ2n) is 6.19. The lowest BCUT2D eigenvalue weighted by Gasteiger charge is -2.15. The van der Waals surface area contributed by atoms with E-state index in [9.17, 15) is 0 Å². The maximum atomic E-state index is 6.46. The van der Waals surface area contributed by atoms with Crippen molar-refractivity contribution in [3.8, 4) is 16.9 Å². The van der Waals surface area contributed by atoms with Gasteiger partial charge in [-0.05, 0) is 49.6 Å². The standard InChI is InChI=1S/C21H28ClNO/c1-17-11-6-7-12-18(17)21-19(22)13-10-14-20(21)24-16-9-5-3-2-4-8-15-23/h6-7,10-14H,2-5,8-9,15-16,23H2,1H3. The van der Waals surface area contributed by atoms with Crippen LogP contribution in [0.2, 0.25) is 5.02 Å². The van der Waals surface area contributed by atoms with Gasteiger partial charge in [0.2, 0.25) is 0 Å². The zero-order valence-corrected chi connectivity index (χ0v) is 15.3. The number of rotatable bonds is 10. The van der Waals surface area contributed by atoms with E-state index in [0.717, 1.165) is 47.9 Å². The summed E-state index contributed by atoms with van der Waals surface area (Å²) in [5.41, 5.74) is 8.85. The Kier molecular flexibility index (Phi) is 8.14. The Labute approximate surface area is 151 Å². The summed E-state index contributed by atoms with van der Waals surface area (Å²) in [4.78, 5) is 0. The highest BCUT2D eigenvalue weighted by molar-refractivity contribution is 6.33. The average Bonchev–Trinajstić information content (AvgIpc) is 2.58. The zero-order chi connectivity index (χ0) is 17.2. The highest BCUT2D eigenvalue weighted by atomic mass is 35.5. The van der Waals surface area contributed by atoms with Crippen LogP contribution in [0.4, 0.5) is 0 Å². The fraction of sp³-hybridized carbons (Fsp3) is 0.429. The van der Waals surface area contributed by atoms with Crippen LogP contribution < -0.4 is 10.5 Å². The number of aryl methyl sites for hydroxylation is 1. The van der Waals surface area contributed by atoms with Gasteiger partial charge in [0.25, 0.3) is 0 Å². The fourth-order valence-electron chi connectivity index (χ4n) is 2.88. The van der Waals surface area contributed by atoms with Gasteiger partial charge < -0.3 is 10.5 Å². The third-order valence-electron chi connectivity index (χ3n) is 4.25. The molecular weight excluding hydrogens is 318 g/mol. The first-order chi connectivity index (χ1) is 11.7. The van der Waals surface area contributed by atoms with E-state index in [1.807, 2.05) is 30.3 Å². The summed E-state index contributed by atoms with van der Waals surface area (Å²) in [6.07, 6.45) is 7.17. The molecule has 0 atom stereocenters. The van der Waals surface area contributed by atoms with E-state index in [1.165, 1.54) is 31.2 Å². The number of hydrogen-bond donors (Lipinski definition) is 1. The summed E-state index contributed by atoms with van der Waals surface area (Å²) in [5.74, 6) is 0.875. The second-order valence-corrected chi connectivity index (χ2v) is 6.59. The summed E-state index contributed by atoms with van der Waals surface area (Å²) in [5, 5.41) is 0.739. The third kappa shape index (κ3) is 5.54. The van der Waals surface area contributed by atoms with E-state index in [-0.39, 0.29) is 0 Å². The minimum Gasteiger partial charge on any atom is -0.493 e. The Balaban J connectivity index is 1.92. The molecule has 0 aliphatic rings. The first-order valence-electron chi connectivity index (χ1n) is 8.91. The largest absolute Gasteiger partial charge is 0.493 e. The van der Waals surface area contributed by atoms with Crippen LogP contribution in [-0.2, 0) is 0 Å². The van der Waals surface area contributed by atoms with Crippen molar-refractivity contribution in [2.45, 2.75) is 45.4 Å². The Morgan fingerprint density at radius 3 is 2.33 bits per heavy atom. The second kappa shape index (κ2) is 10.4. The van der Waals surface area contributed by atoms with E-state index in [0.29, 0.717) is 0 Å². The van der Waals surface area contributed by atoms with Crippen molar-refractivity contribution in [1.29, 1.82) is 0 Å². The molecule has 2 rings (SSSR count). The molecule has 2 aromatic rings. The van der Waals surface area contributed by atoms with Crippen LogP contribution in [0.1, 0.15) is 44.1 Å². The van der Waals surface area contributed by atoms with E-state index in [2.05, 4.69) is 19.1 Å². The maximum absolute atomic E-state index is 6.46. The first-order valence-corrected chi connectivity index (χ1v) is 9.29. The van der Waals surface area contributed by atoms with Gasteiger partial charge in [-0.15, -0.1) is 0 Å². The summed E-state index contributed by atoms with van der Waals surface area (Å²) >= 11 is 6.46. The molecule has 130 valence electrons. The molecule has 0 amide bonds. The normalized spacial score (nSPS) is 10.8. The lowest BCUT2D eigenvalue weighted by atomic mass is 10.00. The molecule has 0 saturated carbocycles. The number of ether oxygens (including phenoxy) is 1. The van der Waals surface area contributed by atoms with Crippen LogP contribution in [0.5, 0.6) is 5.75 Å². The van der Waals surface area contributed by atoms with Crippen molar-refractivity contribution in [2.24, 2.45) is 5.73 Å². The molecule has 0 bridgehead atoms. The van der Waals surface area contributed by atoms with Gasteiger partial charge in [-0.1, -0.05) is 67.6 Å². The molecule has 0 spiro atoms. The summed E-state index contributed by atoms with van der Waals surface area (Å²) in [6, 6.07) is 14.2. The lowest BCUT2D eigenvalue weighted by molar-refractivity contribution is 0.305. The Morgan fingerprint density at radius 1 is 0.875 bits per heavy atom. The van der Waals surface area contributed by atoms with Gasteiger partial charge in [0.15, 0.2) is 0 Å². The Bertz CT molecular complexity index is 627. The SMILES string of the molecule is Cc1ccccc1-c1c(Cl)cccc1OCCCCCCCCN. The molecule has 2 nitrogen and oxygen atoms in total. The van der Waals surface area contributed by atoms with Gasteiger partial charge in [0, 0.05) is 5.56 Å². The van der Waals surface area contributed by atoms with Crippen molar-refractivity contribution in [1.82, 2.24) is 0 Å². The number of nitrogens with two attached hydrogens (primary N) is 1. The number of benzene rings is 2. The molecule has 0 saturated heterocycles. The molecule has 0 fully saturated rings.